The average molecular weight is 752 g/mol. The Labute approximate surface area is 310 Å². The molecule has 2 aliphatic carbocycles. The van der Waals surface area contributed by atoms with E-state index in [-0.39, 0.29) is 31.9 Å². The fourth-order valence-electron chi connectivity index (χ4n) is 7.87. The van der Waals surface area contributed by atoms with Gasteiger partial charge in [-0.2, -0.15) is 0 Å². The number of amides is 5. The van der Waals surface area contributed by atoms with Gasteiger partial charge in [-0.25, -0.2) is 18.0 Å². The first kappa shape index (κ1) is 36.9. The summed E-state index contributed by atoms with van der Waals surface area (Å²) < 4.78 is 39.3. The van der Waals surface area contributed by atoms with Crippen molar-refractivity contribution in [3.8, 4) is 0 Å². The minimum Gasteiger partial charge on any atom is -0.449 e. The van der Waals surface area contributed by atoms with Crippen LogP contribution in [0.4, 0.5) is 9.59 Å². The minimum absolute atomic E-state index is 0.0502. The third-order valence-electron chi connectivity index (χ3n) is 11.3. The number of alkyl carbamates (subject to hydrolysis) is 1. The van der Waals surface area contributed by atoms with Crippen molar-refractivity contribution in [2.45, 2.75) is 120 Å². The molecule has 14 nitrogen and oxygen atoms in total. The largest absolute Gasteiger partial charge is 0.449 e. The van der Waals surface area contributed by atoms with Crippen LogP contribution in [0.25, 0.3) is 6.08 Å². The van der Waals surface area contributed by atoms with E-state index in [2.05, 4.69) is 21.4 Å². The maximum Gasteiger partial charge on any atom is 0.410 e. The molecule has 1 aromatic carbocycles. The lowest BCUT2D eigenvalue weighted by Gasteiger charge is -2.29. The predicted octanol–water partition coefficient (Wildman–Crippen LogP) is 3.65. The number of nitrogens with one attached hydrogen (secondary N) is 3. The molecule has 7 rings (SSSR count). The first-order valence-electron chi connectivity index (χ1n) is 18.9. The molecule has 1 saturated heterocycles. The molecular weight excluding hydrogens is 703 g/mol. The molecule has 5 amide bonds. The number of cyclic esters (lactones) is 1. The van der Waals surface area contributed by atoms with Crippen molar-refractivity contribution < 1.29 is 41.9 Å². The fourth-order valence-corrected chi connectivity index (χ4v) is 9.24. The van der Waals surface area contributed by atoms with Crippen LogP contribution in [0, 0.1) is 11.8 Å². The second-order valence-corrected chi connectivity index (χ2v) is 17.4. The first-order valence-corrected chi connectivity index (χ1v) is 20.5. The monoisotopic (exact) mass is 751 g/mol. The Morgan fingerprint density at radius 2 is 1.83 bits per heavy atom. The number of rotatable bonds is 3. The van der Waals surface area contributed by atoms with Crippen molar-refractivity contribution in [1.82, 2.24) is 25.2 Å². The van der Waals surface area contributed by atoms with Gasteiger partial charge in [0.05, 0.1) is 24.9 Å². The SMILES string of the molecule is C[C@@H]1CCC=Cc2cccc3c2CN(C3)C(=O)O[C@@H]2C[C@H]3C(=O)N[C@]4(C(=O)NS(=O)(=O)C5CC5)C[C@H]4C=CCCCCC[C@H](NC(=O)OC1)C(=O)N3C2. The third kappa shape index (κ3) is 8.24. The number of fused-ring (bicyclic) bond motifs is 4. The van der Waals surface area contributed by atoms with Crippen LogP contribution < -0.4 is 15.4 Å². The molecule has 1 aromatic rings. The number of hydrogen-bond donors (Lipinski definition) is 3. The van der Waals surface area contributed by atoms with E-state index in [0.29, 0.717) is 45.2 Å². The Kier molecular flexibility index (Phi) is 10.6. The van der Waals surface area contributed by atoms with Gasteiger partial charge in [0, 0.05) is 18.9 Å². The first-order chi connectivity index (χ1) is 25.4. The maximum absolute atomic E-state index is 14.4. The smallest absolute Gasteiger partial charge is 0.410 e. The van der Waals surface area contributed by atoms with E-state index in [1.165, 1.54) is 4.90 Å². The van der Waals surface area contributed by atoms with Crippen LogP contribution >= 0.6 is 0 Å². The van der Waals surface area contributed by atoms with Crippen LogP contribution in [-0.4, -0.2) is 90.3 Å². The van der Waals surface area contributed by atoms with Gasteiger partial charge in [0.25, 0.3) is 5.91 Å². The summed E-state index contributed by atoms with van der Waals surface area (Å²) in [5, 5.41) is 4.95. The maximum atomic E-state index is 14.4. The minimum atomic E-state index is -3.90. The van der Waals surface area contributed by atoms with Crippen LogP contribution in [0.3, 0.4) is 0 Å². The summed E-state index contributed by atoms with van der Waals surface area (Å²) in [5.41, 5.74) is 1.53. The zero-order valence-corrected chi connectivity index (χ0v) is 30.9. The van der Waals surface area contributed by atoms with Crippen molar-refractivity contribution in [1.29, 1.82) is 0 Å². The number of carbonyl (C=O) groups is 5. The number of ether oxygens (including phenoxy) is 2. The normalized spacial score (nSPS) is 31.3. The summed E-state index contributed by atoms with van der Waals surface area (Å²) >= 11 is 0. The molecular formula is C38H49N5O9S. The standard InChI is InChI=1S/C38H49N5O9S/c1-24-10-7-8-11-25-12-9-13-26-20-42(22-30(25)26)37(48)52-28-18-32-33(44)40-38(35(46)41-53(49,50)29-16-17-29)19-27(38)14-5-3-2-4-6-15-31(34(45)43(32)21-28)39-36(47)51-23-24/h5,8-9,11-14,24,27-29,31-32H,2-4,6-7,10,15-23H2,1H3,(H,39,47)(H,40,44)(H,41,46)/t24-,27-,28-,31+,32+,38-/m1/s1. The highest BCUT2D eigenvalue weighted by atomic mass is 32.2. The lowest BCUT2D eigenvalue weighted by Crippen LogP contribution is -2.58. The zero-order valence-electron chi connectivity index (χ0n) is 30.1. The molecule has 0 radical (unpaired) electrons. The van der Waals surface area contributed by atoms with Gasteiger partial charge in [0.1, 0.15) is 23.7 Å². The highest BCUT2D eigenvalue weighted by Gasteiger charge is 2.62. The van der Waals surface area contributed by atoms with Gasteiger partial charge < -0.3 is 25.0 Å². The fraction of sp³-hybridized carbons (Fsp3) is 0.605. The molecule has 4 heterocycles. The van der Waals surface area contributed by atoms with Gasteiger partial charge in [0.15, 0.2) is 0 Å². The molecule has 15 heteroatoms. The van der Waals surface area contributed by atoms with Crippen molar-refractivity contribution in [3.63, 3.8) is 0 Å². The molecule has 0 aromatic heterocycles. The molecule has 3 N–H and O–H groups in total. The van der Waals surface area contributed by atoms with E-state index in [1.54, 1.807) is 4.90 Å². The molecule has 0 spiro atoms. The second-order valence-electron chi connectivity index (χ2n) is 15.5. The van der Waals surface area contributed by atoms with E-state index in [4.69, 9.17) is 9.47 Å². The number of hydrogen-bond acceptors (Lipinski definition) is 9. The van der Waals surface area contributed by atoms with Crippen LogP contribution in [0.2, 0.25) is 0 Å². The number of allylic oxidation sites excluding steroid dienone is 2. The van der Waals surface area contributed by atoms with Crippen LogP contribution in [0.5, 0.6) is 0 Å². The summed E-state index contributed by atoms with van der Waals surface area (Å²) in [6, 6.07) is 3.76. The highest BCUT2D eigenvalue weighted by Crippen LogP contribution is 2.46. The Morgan fingerprint density at radius 1 is 1.00 bits per heavy atom. The topological polar surface area (TPSA) is 181 Å². The summed E-state index contributed by atoms with van der Waals surface area (Å²) in [6.07, 6.45) is 11.5. The summed E-state index contributed by atoms with van der Waals surface area (Å²) in [4.78, 5) is 72.0. The molecule has 5 bridgehead atoms. The predicted molar refractivity (Wildman–Crippen MR) is 193 cm³/mol. The van der Waals surface area contributed by atoms with Gasteiger partial charge in [-0.1, -0.05) is 62.3 Å². The third-order valence-corrected chi connectivity index (χ3v) is 13.1. The van der Waals surface area contributed by atoms with Crippen LogP contribution in [0.1, 0.15) is 94.2 Å². The highest BCUT2D eigenvalue weighted by molar-refractivity contribution is 7.91. The molecule has 3 fully saturated rings. The quantitative estimate of drug-likeness (QED) is 0.389. The van der Waals surface area contributed by atoms with E-state index >= 15 is 0 Å². The Hall–Kier alpha value is -4.40. The lowest BCUT2D eigenvalue weighted by atomic mass is 10.0. The van der Waals surface area contributed by atoms with Gasteiger partial charge in [-0.15, -0.1) is 0 Å². The van der Waals surface area contributed by atoms with E-state index in [9.17, 15) is 32.4 Å². The van der Waals surface area contributed by atoms with E-state index < -0.39 is 74.8 Å². The van der Waals surface area contributed by atoms with Crippen LogP contribution in [0.15, 0.2) is 36.4 Å². The van der Waals surface area contributed by atoms with Gasteiger partial charge >= 0.3 is 12.2 Å². The molecule has 286 valence electrons. The second kappa shape index (κ2) is 15.2. The van der Waals surface area contributed by atoms with Gasteiger partial charge in [-0.3, -0.25) is 24.0 Å². The number of carbonyl (C=O) groups excluding carboxylic acids is 5. The molecule has 53 heavy (non-hydrogen) atoms. The van der Waals surface area contributed by atoms with E-state index in [0.717, 1.165) is 42.4 Å². The van der Waals surface area contributed by atoms with Crippen molar-refractivity contribution >= 4 is 46.0 Å². The molecule has 2 saturated carbocycles. The van der Waals surface area contributed by atoms with Gasteiger partial charge in [0.2, 0.25) is 21.8 Å². The molecule has 6 aliphatic rings. The Morgan fingerprint density at radius 3 is 2.64 bits per heavy atom. The van der Waals surface area contributed by atoms with Crippen molar-refractivity contribution in [3.05, 3.63) is 53.1 Å². The lowest BCUT2D eigenvalue weighted by molar-refractivity contribution is -0.141. The number of sulfonamides is 1. The Balaban J connectivity index is 1.17. The average Bonchev–Trinajstić information content (AvgIpc) is 4.01. The zero-order chi connectivity index (χ0) is 37.3. The summed E-state index contributed by atoms with van der Waals surface area (Å²) in [6.45, 7) is 2.75. The number of nitrogens with zero attached hydrogens (tertiary/aromatic N) is 2. The molecule has 0 unspecified atom stereocenters. The van der Waals surface area contributed by atoms with Crippen LogP contribution in [-0.2, 0) is 47.0 Å². The molecule has 4 aliphatic heterocycles. The van der Waals surface area contributed by atoms with Crippen molar-refractivity contribution in [2.24, 2.45) is 11.8 Å². The van der Waals surface area contributed by atoms with Crippen molar-refractivity contribution in [2.75, 3.05) is 13.2 Å². The van der Waals surface area contributed by atoms with Gasteiger partial charge in [-0.05, 0) is 74.0 Å². The Bertz CT molecular complexity index is 1810. The summed E-state index contributed by atoms with van der Waals surface area (Å²) in [5.74, 6) is -2.38. The molecule has 6 atom stereocenters. The number of benzene rings is 1. The summed E-state index contributed by atoms with van der Waals surface area (Å²) in [7, 11) is -3.90. The van der Waals surface area contributed by atoms with E-state index in [1.807, 2.05) is 43.4 Å².